The Morgan fingerprint density at radius 3 is 2.48 bits per heavy atom. The van der Waals surface area contributed by atoms with Gasteiger partial charge in [0, 0.05) is 23.2 Å². The molecule has 6 rings (SSSR count). The zero-order valence-corrected chi connectivity index (χ0v) is 16.1. The minimum atomic E-state index is -0.00775. The molecular formula is C24H22N2O. The van der Waals surface area contributed by atoms with Gasteiger partial charge in [0.15, 0.2) is 5.58 Å². The number of fused-ring (bicyclic) bond motifs is 9. The van der Waals surface area contributed by atoms with Crippen LogP contribution in [0.1, 0.15) is 25.0 Å². The van der Waals surface area contributed by atoms with Gasteiger partial charge in [-0.1, -0.05) is 50.2 Å². The van der Waals surface area contributed by atoms with Gasteiger partial charge >= 0.3 is 0 Å². The highest BCUT2D eigenvalue weighted by Gasteiger charge is 2.53. The molecular weight excluding hydrogens is 332 g/mol. The van der Waals surface area contributed by atoms with Crippen molar-refractivity contribution in [1.82, 2.24) is 0 Å². The van der Waals surface area contributed by atoms with Crippen molar-refractivity contribution < 1.29 is 4.42 Å². The molecule has 1 unspecified atom stereocenters. The first-order chi connectivity index (χ1) is 13.0. The summed E-state index contributed by atoms with van der Waals surface area (Å²) in [4.78, 5) is 4.90. The first-order valence-electron chi connectivity index (χ1n) is 9.56. The summed E-state index contributed by atoms with van der Waals surface area (Å²) >= 11 is 0. The molecule has 3 heteroatoms. The van der Waals surface area contributed by atoms with Crippen LogP contribution in [-0.4, -0.2) is 13.2 Å². The van der Waals surface area contributed by atoms with Crippen LogP contribution >= 0.6 is 0 Å². The molecule has 3 nitrogen and oxygen atoms in total. The predicted octanol–water partition coefficient (Wildman–Crippen LogP) is 6.10. The summed E-state index contributed by atoms with van der Waals surface area (Å²) < 4.78 is 6.47. The largest absolute Gasteiger partial charge is 0.454 e. The number of aryl methyl sites for hydroxylation is 1. The number of para-hydroxylation sites is 2. The first kappa shape index (κ1) is 15.2. The molecule has 0 aliphatic carbocycles. The van der Waals surface area contributed by atoms with Crippen molar-refractivity contribution in [3.05, 3.63) is 65.7 Å². The van der Waals surface area contributed by atoms with E-state index in [9.17, 15) is 0 Å². The van der Waals surface area contributed by atoms with E-state index in [-0.39, 0.29) is 11.6 Å². The molecule has 27 heavy (non-hydrogen) atoms. The van der Waals surface area contributed by atoms with E-state index in [2.05, 4.69) is 92.2 Å². The van der Waals surface area contributed by atoms with Crippen molar-refractivity contribution in [2.24, 2.45) is 0 Å². The number of furan rings is 1. The molecule has 0 bridgehead atoms. The zero-order chi connectivity index (χ0) is 18.5. The minimum Gasteiger partial charge on any atom is -0.454 e. The molecule has 2 aliphatic rings. The third-order valence-electron chi connectivity index (χ3n) is 6.48. The fourth-order valence-corrected chi connectivity index (χ4v) is 5.28. The Kier molecular flexibility index (Phi) is 2.62. The number of hydrogen-bond donors (Lipinski definition) is 0. The zero-order valence-electron chi connectivity index (χ0n) is 16.1. The lowest BCUT2D eigenvalue weighted by Gasteiger charge is -2.34. The third kappa shape index (κ3) is 1.68. The van der Waals surface area contributed by atoms with Crippen LogP contribution in [0.25, 0.3) is 21.9 Å². The van der Waals surface area contributed by atoms with Crippen molar-refractivity contribution >= 4 is 39.0 Å². The number of rotatable bonds is 0. The van der Waals surface area contributed by atoms with E-state index in [0.717, 1.165) is 11.2 Å². The molecule has 3 heterocycles. The van der Waals surface area contributed by atoms with Crippen LogP contribution in [0, 0.1) is 6.92 Å². The van der Waals surface area contributed by atoms with Gasteiger partial charge in [-0.3, -0.25) is 0 Å². The smallest absolute Gasteiger partial charge is 0.159 e. The summed E-state index contributed by atoms with van der Waals surface area (Å²) in [5.74, 6) is 0. The predicted molar refractivity (Wildman–Crippen MR) is 112 cm³/mol. The van der Waals surface area contributed by atoms with Gasteiger partial charge in [0.2, 0.25) is 0 Å². The highest BCUT2D eigenvalue weighted by Crippen LogP contribution is 2.58. The van der Waals surface area contributed by atoms with Crippen molar-refractivity contribution in [2.45, 2.75) is 32.4 Å². The molecule has 3 aromatic carbocycles. The molecule has 2 aliphatic heterocycles. The molecule has 0 radical (unpaired) electrons. The molecule has 0 N–H and O–H groups in total. The van der Waals surface area contributed by atoms with Gasteiger partial charge in [-0.15, -0.1) is 0 Å². The van der Waals surface area contributed by atoms with Crippen LogP contribution in [0.5, 0.6) is 0 Å². The molecule has 1 atom stereocenters. The number of hydrogen-bond acceptors (Lipinski definition) is 3. The Morgan fingerprint density at radius 2 is 1.67 bits per heavy atom. The minimum absolute atomic E-state index is 0.00775. The molecule has 0 saturated carbocycles. The van der Waals surface area contributed by atoms with Gasteiger partial charge < -0.3 is 14.2 Å². The van der Waals surface area contributed by atoms with Crippen molar-refractivity contribution in [1.29, 1.82) is 0 Å². The summed E-state index contributed by atoms with van der Waals surface area (Å²) in [6.07, 6.45) is 0.255. The van der Waals surface area contributed by atoms with Crippen molar-refractivity contribution in [2.75, 3.05) is 16.8 Å². The van der Waals surface area contributed by atoms with Crippen LogP contribution in [0.4, 0.5) is 17.1 Å². The fourth-order valence-electron chi connectivity index (χ4n) is 5.28. The highest BCUT2D eigenvalue weighted by molar-refractivity contribution is 6.12. The quantitative estimate of drug-likeness (QED) is 0.380. The number of nitrogens with zero attached hydrogens (tertiary/aromatic N) is 2. The standard InChI is InChI=1S/C24H22N2O/c1-14-9-10-15-16-11-12-17-21(22(16)27-20(15)13-14)26-19-8-6-5-7-18(19)25(4)23(26)24(17,2)3/h5-13,23H,1-4H3. The SMILES string of the molecule is Cc1ccc2c(c1)oc1c3c(ccc12)C(C)(C)C1N(C)c2ccccc2N31. The molecule has 0 spiro atoms. The second kappa shape index (κ2) is 4.66. The summed E-state index contributed by atoms with van der Waals surface area (Å²) in [5, 5.41) is 2.40. The van der Waals surface area contributed by atoms with E-state index in [1.54, 1.807) is 0 Å². The molecule has 4 aromatic rings. The lowest BCUT2D eigenvalue weighted by Crippen LogP contribution is -2.46. The lowest BCUT2D eigenvalue weighted by atomic mass is 9.83. The van der Waals surface area contributed by atoms with Crippen LogP contribution in [0.3, 0.4) is 0 Å². The summed E-state index contributed by atoms with van der Waals surface area (Å²) in [6.45, 7) is 6.80. The molecule has 0 amide bonds. The van der Waals surface area contributed by atoms with Gasteiger partial charge in [-0.25, -0.2) is 0 Å². The lowest BCUT2D eigenvalue weighted by molar-refractivity contribution is 0.442. The average Bonchev–Trinajstić information content (AvgIpc) is 3.23. The highest BCUT2D eigenvalue weighted by atomic mass is 16.3. The number of anilines is 3. The Bertz CT molecular complexity index is 1250. The van der Waals surface area contributed by atoms with Crippen LogP contribution < -0.4 is 9.80 Å². The topological polar surface area (TPSA) is 19.6 Å². The second-order valence-corrected chi connectivity index (χ2v) is 8.51. The molecule has 134 valence electrons. The molecule has 1 aromatic heterocycles. The molecule has 0 saturated heterocycles. The summed E-state index contributed by atoms with van der Waals surface area (Å²) in [6, 6.07) is 19.7. The molecule has 0 fully saturated rings. The maximum Gasteiger partial charge on any atom is 0.159 e. The van der Waals surface area contributed by atoms with E-state index < -0.39 is 0 Å². The van der Waals surface area contributed by atoms with Crippen molar-refractivity contribution in [3.63, 3.8) is 0 Å². The van der Waals surface area contributed by atoms with E-state index in [0.29, 0.717) is 0 Å². The second-order valence-electron chi connectivity index (χ2n) is 8.51. The van der Waals surface area contributed by atoms with Crippen LogP contribution in [0.2, 0.25) is 0 Å². The van der Waals surface area contributed by atoms with Gasteiger partial charge in [-0.05, 0) is 36.2 Å². The average molecular weight is 354 g/mol. The Morgan fingerprint density at radius 1 is 0.926 bits per heavy atom. The van der Waals surface area contributed by atoms with E-state index >= 15 is 0 Å². The third-order valence-corrected chi connectivity index (χ3v) is 6.48. The summed E-state index contributed by atoms with van der Waals surface area (Å²) in [5.41, 5.74) is 8.33. The monoisotopic (exact) mass is 354 g/mol. The van der Waals surface area contributed by atoms with E-state index in [1.807, 2.05) is 0 Å². The van der Waals surface area contributed by atoms with Gasteiger partial charge in [0.05, 0.1) is 17.1 Å². The van der Waals surface area contributed by atoms with Gasteiger partial charge in [0.1, 0.15) is 11.7 Å². The number of likely N-dealkylation sites (N-methyl/N-ethyl adjacent to an activating group) is 1. The normalized spacial score (nSPS) is 19.6. The van der Waals surface area contributed by atoms with Crippen LogP contribution in [-0.2, 0) is 5.41 Å². The van der Waals surface area contributed by atoms with Crippen LogP contribution in [0.15, 0.2) is 59.0 Å². The first-order valence-corrected chi connectivity index (χ1v) is 9.56. The summed E-state index contributed by atoms with van der Waals surface area (Å²) in [7, 11) is 2.20. The van der Waals surface area contributed by atoms with E-state index in [4.69, 9.17) is 4.42 Å². The van der Waals surface area contributed by atoms with Gasteiger partial charge in [-0.2, -0.15) is 0 Å². The van der Waals surface area contributed by atoms with E-state index in [1.165, 1.54) is 39.0 Å². The van der Waals surface area contributed by atoms with Crippen molar-refractivity contribution in [3.8, 4) is 0 Å². The Balaban J connectivity index is 1.74. The Labute approximate surface area is 158 Å². The fraction of sp³-hybridized carbons (Fsp3) is 0.250. The maximum atomic E-state index is 6.47. The number of benzene rings is 3. The van der Waals surface area contributed by atoms with Gasteiger partial charge in [0.25, 0.3) is 0 Å². The maximum absolute atomic E-state index is 6.47. The Hall–Kier alpha value is -2.94.